The first kappa shape index (κ1) is 35.3. The highest BCUT2D eigenvalue weighted by molar-refractivity contribution is 5.96. The minimum atomic E-state index is -1.03. The summed E-state index contributed by atoms with van der Waals surface area (Å²) in [5.41, 5.74) is 2.75. The number of amides is 4. The fourth-order valence-electron chi connectivity index (χ4n) is 6.37. The molecule has 0 aromatic heterocycles. The van der Waals surface area contributed by atoms with Crippen molar-refractivity contribution in [2.45, 2.75) is 69.8 Å². The van der Waals surface area contributed by atoms with Crippen molar-refractivity contribution in [3.63, 3.8) is 0 Å². The van der Waals surface area contributed by atoms with Gasteiger partial charge in [-0.25, -0.2) is 0 Å². The van der Waals surface area contributed by atoms with Crippen molar-refractivity contribution < 1.29 is 23.9 Å². The van der Waals surface area contributed by atoms with E-state index in [1.165, 1.54) is 4.90 Å². The van der Waals surface area contributed by atoms with Gasteiger partial charge in [0.15, 0.2) is 0 Å². The lowest BCUT2D eigenvalue weighted by Gasteiger charge is -2.34. The normalized spacial score (nSPS) is 21.1. The molecule has 258 valence electrons. The van der Waals surface area contributed by atoms with Gasteiger partial charge in [-0.05, 0) is 61.3 Å². The van der Waals surface area contributed by atoms with Crippen LogP contribution in [0, 0.1) is 5.92 Å². The predicted molar refractivity (Wildman–Crippen MR) is 189 cm³/mol. The quantitative estimate of drug-likeness (QED) is 0.305. The zero-order valence-electron chi connectivity index (χ0n) is 28.7. The van der Waals surface area contributed by atoms with Gasteiger partial charge in [-0.15, -0.1) is 0 Å². The van der Waals surface area contributed by atoms with Gasteiger partial charge in [0.25, 0.3) is 0 Å². The number of carbonyl (C=O) groups is 4. The molecular weight excluding hydrogens is 618 g/mol. The Labute approximate surface area is 288 Å². The second-order valence-electron chi connectivity index (χ2n) is 13.1. The number of nitrogens with one attached hydrogen (secondary N) is 3. The van der Waals surface area contributed by atoms with Crippen LogP contribution in [-0.4, -0.2) is 84.3 Å². The van der Waals surface area contributed by atoms with Gasteiger partial charge in [-0.3, -0.25) is 24.1 Å². The number of likely N-dealkylation sites (tertiary alicyclic amines) is 1. The number of rotatable bonds is 10. The molecule has 0 radical (unpaired) electrons. The van der Waals surface area contributed by atoms with Gasteiger partial charge < -0.3 is 25.6 Å². The first-order chi connectivity index (χ1) is 23.6. The van der Waals surface area contributed by atoms with Crippen molar-refractivity contribution in [2.24, 2.45) is 5.92 Å². The summed E-state index contributed by atoms with van der Waals surface area (Å²) in [4.78, 5) is 59.5. The molecule has 0 aliphatic carbocycles. The Hall–Kier alpha value is -4.96. The lowest BCUT2D eigenvalue weighted by Crippen LogP contribution is -2.61. The Kier molecular flexibility index (Phi) is 11.9. The highest BCUT2D eigenvalue weighted by atomic mass is 16.5. The van der Waals surface area contributed by atoms with Crippen LogP contribution in [0.3, 0.4) is 0 Å². The second-order valence-corrected chi connectivity index (χ2v) is 13.1. The van der Waals surface area contributed by atoms with E-state index in [1.807, 2.05) is 106 Å². The summed E-state index contributed by atoms with van der Waals surface area (Å²) >= 11 is 0. The number of ether oxygens (including phenoxy) is 1. The molecule has 0 unspecified atom stereocenters. The van der Waals surface area contributed by atoms with Crippen LogP contribution in [0.2, 0.25) is 0 Å². The zero-order chi connectivity index (χ0) is 34.9. The minimum absolute atomic E-state index is 0.214. The molecule has 3 aliphatic rings. The second kappa shape index (κ2) is 16.4. The van der Waals surface area contributed by atoms with Crippen LogP contribution in [0.15, 0.2) is 91.1 Å². The summed E-state index contributed by atoms with van der Waals surface area (Å²) < 4.78 is 6.38. The molecule has 1 fully saturated rings. The van der Waals surface area contributed by atoms with Crippen LogP contribution in [-0.2, 0) is 32.0 Å². The lowest BCUT2D eigenvalue weighted by atomic mass is 9.96. The molecule has 10 nitrogen and oxygen atoms in total. The molecule has 3 aromatic carbocycles. The Morgan fingerprint density at radius 1 is 0.939 bits per heavy atom. The largest absolute Gasteiger partial charge is 0.488 e. The highest BCUT2D eigenvalue weighted by Crippen LogP contribution is 2.27. The van der Waals surface area contributed by atoms with Gasteiger partial charge in [-0.1, -0.05) is 93.1 Å². The van der Waals surface area contributed by atoms with E-state index < -0.39 is 36.2 Å². The van der Waals surface area contributed by atoms with E-state index in [-0.39, 0.29) is 36.6 Å². The van der Waals surface area contributed by atoms with Crippen molar-refractivity contribution in [1.29, 1.82) is 0 Å². The number of benzene rings is 3. The van der Waals surface area contributed by atoms with E-state index in [0.717, 1.165) is 16.7 Å². The molecule has 10 heteroatoms. The highest BCUT2D eigenvalue weighted by Gasteiger charge is 2.47. The first-order valence-corrected chi connectivity index (χ1v) is 17.0. The van der Waals surface area contributed by atoms with E-state index >= 15 is 0 Å². The van der Waals surface area contributed by atoms with Gasteiger partial charge in [0.05, 0.1) is 6.04 Å². The van der Waals surface area contributed by atoms with Crippen LogP contribution in [0.4, 0.5) is 0 Å². The van der Waals surface area contributed by atoms with Gasteiger partial charge in [0, 0.05) is 25.6 Å². The van der Waals surface area contributed by atoms with E-state index in [4.69, 9.17) is 4.74 Å². The summed E-state index contributed by atoms with van der Waals surface area (Å²) in [6.07, 6.45) is 4.42. The molecule has 1 saturated heterocycles. The fraction of sp³-hybridized carbons (Fsp3) is 0.385. The van der Waals surface area contributed by atoms with Crippen molar-refractivity contribution in [2.75, 3.05) is 20.6 Å². The van der Waals surface area contributed by atoms with Gasteiger partial charge in [0.1, 0.15) is 30.0 Å². The van der Waals surface area contributed by atoms with Crippen molar-refractivity contribution in [3.05, 3.63) is 108 Å². The molecule has 2 bridgehead atoms. The maximum atomic E-state index is 14.5. The standard InChI is InChI=1S/C39H47N5O5/c1-5-26(2)34(42-37(46)32(43(3)4)25-29-14-10-7-11-15-29)39(48)44-23-21-33-35(44)38(47)41-31(24-28-12-8-6-9-13-28)36(45)40-22-20-27-16-18-30(49-33)19-17-27/h6-20,22,26,31-35H,5,21,23-25H2,1-4H3,(H,40,45)(H,41,47)(H,42,46)/t26-,31+,32-,33-,34+,35-/m0/s1. The molecule has 0 spiro atoms. The van der Waals surface area contributed by atoms with Crippen LogP contribution in [0.5, 0.6) is 5.75 Å². The maximum absolute atomic E-state index is 14.5. The van der Waals surface area contributed by atoms with Crippen molar-refractivity contribution >= 4 is 29.7 Å². The summed E-state index contributed by atoms with van der Waals surface area (Å²) in [5.74, 6) is -1.13. The van der Waals surface area contributed by atoms with Crippen LogP contribution in [0.25, 0.3) is 6.08 Å². The van der Waals surface area contributed by atoms with E-state index in [1.54, 1.807) is 24.4 Å². The first-order valence-electron chi connectivity index (χ1n) is 17.0. The molecule has 3 heterocycles. The third-order valence-corrected chi connectivity index (χ3v) is 9.45. The minimum Gasteiger partial charge on any atom is -0.488 e. The SMILES string of the molecule is CC[C@H](C)[C@@H](NC(=O)[C@H](Cc1ccccc1)N(C)C)C(=O)N1CC[C@@H]2Oc3ccc(cc3)C=CNC(=O)[C@@H](Cc3ccccc3)NC(=O)[C@H]21. The number of nitrogens with zero attached hydrogens (tertiary/aromatic N) is 2. The molecular formula is C39H47N5O5. The number of likely N-dealkylation sites (N-methyl/N-ethyl adjacent to an activating group) is 1. The maximum Gasteiger partial charge on any atom is 0.247 e. The molecule has 49 heavy (non-hydrogen) atoms. The van der Waals surface area contributed by atoms with Crippen molar-refractivity contribution in [1.82, 2.24) is 25.8 Å². The molecule has 0 saturated carbocycles. The fourth-order valence-corrected chi connectivity index (χ4v) is 6.37. The van der Waals surface area contributed by atoms with Crippen LogP contribution in [0.1, 0.15) is 43.4 Å². The molecule has 4 amide bonds. The van der Waals surface area contributed by atoms with Gasteiger partial charge in [-0.2, -0.15) is 0 Å². The van der Waals surface area contributed by atoms with E-state index in [9.17, 15) is 19.2 Å². The molecule has 3 aromatic rings. The van der Waals surface area contributed by atoms with Crippen molar-refractivity contribution in [3.8, 4) is 5.75 Å². The summed E-state index contributed by atoms with van der Waals surface area (Å²) in [5, 5.41) is 8.83. The Morgan fingerprint density at radius 3 is 2.22 bits per heavy atom. The molecule has 6 atom stereocenters. The predicted octanol–water partition coefficient (Wildman–Crippen LogP) is 3.57. The number of hydrogen-bond acceptors (Lipinski definition) is 6. The Morgan fingerprint density at radius 2 is 1.59 bits per heavy atom. The number of fused-ring (bicyclic) bond motifs is 7. The monoisotopic (exact) mass is 665 g/mol. The average Bonchev–Trinajstić information content (AvgIpc) is 3.53. The average molecular weight is 666 g/mol. The summed E-state index contributed by atoms with van der Waals surface area (Å²) in [7, 11) is 3.69. The Balaban J connectivity index is 1.44. The number of hydrogen-bond donors (Lipinski definition) is 3. The molecule has 6 rings (SSSR count). The van der Waals surface area contributed by atoms with E-state index in [0.29, 0.717) is 25.0 Å². The lowest BCUT2D eigenvalue weighted by molar-refractivity contribution is -0.145. The number of carbonyl (C=O) groups excluding carboxylic acids is 4. The third-order valence-electron chi connectivity index (χ3n) is 9.45. The van der Waals surface area contributed by atoms with Gasteiger partial charge >= 0.3 is 0 Å². The topological polar surface area (TPSA) is 120 Å². The zero-order valence-corrected chi connectivity index (χ0v) is 28.7. The smallest absolute Gasteiger partial charge is 0.247 e. The summed E-state index contributed by atoms with van der Waals surface area (Å²) in [6, 6.07) is 23.2. The molecule has 3 N–H and O–H groups in total. The summed E-state index contributed by atoms with van der Waals surface area (Å²) in [6.45, 7) is 4.15. The molecule has 3 aliphatic heterocycles. The third kappa shape index (κ3) is 8.94. The van der Waals surface area contributed by atoms with Crippen LogP contribution >= 0.6 is 0 Å². The van der Waals surface area contributed by atoms with Crippen LogP contribution < -0.4 is 20.7 Å². The Bertz CT molecular complexity index is 1610. The van der Waals surface area contributed by atoms with E-state index in [2.05, 4.69) is 16.0 Å². The van der Waals surface area contributed by atoms with Gasteiger partial charge in [0.2, 0.25) is 23.6 Å².